The molecule has 1 aromatic rings. The summed E-state index contributed by atoms with van der Waals surface area (Å²) in [6.07, 6.45) is 0. The van der Waals surface area contributed by atoms with Gasteiger partial charge in [0.05, 0.1) is 19.0 Å². The van der Waals surface area contributed by atoms with Crippen molar-refractivity contribution in [2.75, 3.05) is 25.6 Å². The quantitative estimate of drug-likeness (QED) is 0.735. The Labute approximate surface area is 114 Å². The molecule has 0 bridgehead atoms. The molecule has 6 heteroatoms. The zero-order valence-electron chi connectivity index (χ0n) is 11.3. The maximum Gasteiger partial charge on any atom is 0.211 e. The molecular weight excluding hydrogens is 266 g/mol. The Morgan fingerprint density at radius 3 is 2.58 bits per heavy atom. The van der Waals surface area contributed by atoms with E-state index in [1.165, 1.54) is 5.56 Å². The van der Waals surface area contributed by atoms with Gasteiger partial charge in [0.2, 0.25) is 10.0 Å². The van der Waals surface area contributed by atoms with Crippen molar-refractivity contribution in [2.24, 2.45) is 5.14 Å². The first-order valence-corrected chi connectivity index (χ1v) is 7.91. The van der Waals surface area contributed by atoms with Gasteiger partial charge < -0.3 is 9.47 Å². The minimum Gasteiger partial charge on any atom is -0.491 e. The molecule has 5 nitrogen and oxygen atoms in total. The third kappa shape index (κ3) is 7.15. The van der Waals surface area contributed by atoms with E-state index >= 15 is 0 Å². The summed E-state index contributed by atoms with van der Waals surface area (Å²) in [7, 11) is -3.44. The normalized spacial score (nSPS) is 11.8. The molecule has 0 saturated carbocycles. The summed E-state index contributed by atoms with van der Waals surface area (Å²) in [5, 5.41) is 4.85. The van der Waals surface area contributed by atoms with Gasteiger partial charge in [-0.15, -0.1) is 0 Å². The van der Waals surface area contributed by atoms with Crippen molar-refractivity contribution in [1.82, 2.24) is 0 Å². The first-order valence-electron chi connectivity index (χ1n) is 6.19. The Morgan fingerprint density at radius 2 is 1.95 bits per heavy atom. The number of rotatable bonds is 8. The van der Waals surface area contributed by atoms with Crippen LogP contribution >= 0.6 is 0 Å². The molecular formula is C13H21NO4S. The van der Waals surface area contributed by atoms with Gasteiger partial charge in [-0.05, 0) is 23.6 Å². The van der Waals surface area contributed by atoms with Gasteiger partial charge in [-0.25, -0.2) is 13.6 Å². The predicted molar refractivity (Wildman–Crippen MR) is 74.8 cm³/mol. The van der Waals surface area contributed by atoms with Crippen LogP contribution in [-0.2, 0) is 14.8 Å². The molecule has 0 unspecified atom stereocenters. The van der Waals surface area contributed by atoms with Crippen molar-refractivity contribution in [3.63, 3.8) is 0 Å². The average Bonchev–Trinajstić information content (AvgIpc) is 2.32. The second-order valence-electron chi connectivity index (χ2n) is 4.56. The molecule has 0 radical (unpaired) electrons. The molecule has 0 spiro atoms. The van der Waals surface area contributed by atoms with E-state index in [-0.39, 0.29) is 12.4 Å². The Balaban J connectivity index is 2.24. The monoisotopic (exact) mass is 287 g/mol. The van der Waals surface area contributed by atoms with Crippen LogP contribution in [0.25, 0.3) is 0 Å². The van der Waals surface area contributed by atoms with Crippen molar-refractivity contribution in [3.05, 3.63) is 29.8 Å². The molecule has 1 rings (SSSR count). The lowest BCUT2D eigenvalue weighted by Gasteiger charge is -2.10. The minimum absolute atomic E-state index is 0.0915. The number of hydrogen-bond acceptors (Lipinski definition) is 4. The molecule has 0 aliphatic heterocycles. The summed E-state index contributed by atoms with van der Waals surface area (Å²) >= 11 is 0. The summed E-state index contributed by atoms with van der Waals surface area (Å²) in [5.41, 5.74) is 1.22. The van der Waals surface area contributed by atoms with Gasteiger partial charge >= 0.3 is 0 Å². The predicted octanol–water partition coefficient (Wildman–Crippen LogP) is 1.49. The number of primary sulfonamides is 1. The Morgan fingerprint density at radius 1 is 1.21 bits per heavy atom. The number of benzene rings is 1. The van der Waals surface area contributed by atoms with Crippen LogP contribution in [0.15, 0.2) is 24.3 Å². The lowest BCUT2D eigenvalue weighted by atomic mass is 10.0. The van der Waals surface area contributed by atoms with E-state index in [1.54, 1.807) is 0 Å². The van der Waals surface area contributed by atoms with Crippen LogP contribution in [0.5, 0.6) is 5.75 Å². The zero-order valence-corrected chi connectivity index (χ0v) is 12.2. The van der Waals surface area contributed by atoms with Gasteiger partial charge in [-0.2, -0.15) is 0 Å². The molecule has 0 aliphatic rings. The standard InChI is InChI=1S/C13H21NO4S/c1-11(2)12-4-3-5-13(10-12)18-7-6-17-8-9-19(14,15)16/h3-5,10-11H,6-9H2,1-2H3,(H2,14,15,16). The van der Waals surface area contributed by atoms with Crippen LogP contribution in [0.2, 0.25) is 0 Å². The van der Waals surface area contributed by atoms with Gasteiger partial charge in [-0.3, -0.25) is 0 Å². The van der Waals surface area contributed by atoms with Crippen molar-refractivity contribution in [1.29, 1.82) is 0 Å². The Kier molecular flexibility index (Phi) is 6.27. The number of nitrogens with two attached hydrogens (primary N) is 1. The lowest BCUT2D eigenvalue weighted by molar-refractivity contribution is 0.111. The summed E-state index contributed by atoms with van der Waals surface area (Å²) in [5.74, 6) is 1.08. The van der Waals surface area contributed by atoms with Crippen LogP contribution in [0.1, 0.15) is 25.3 Å². The number of sulfonamides is 1. The highest BCUT2D eigenvalue weighted by atomic mass is 32.2. The van der Waals surface area contributed by atoms with Gasteiger partial charge in [0.1, 0.15) is 12.4 Å². The highest BCUT2D eigenvalue weighted by Crippen LogP contribution is 2.19. The van der Waals surface area contributed by atoms with Gasteiger partial charge in [0.25, 0.3) is 0 Å². The molecule has 0 heterocycles. The van der Waals surface area contributed by atoms with Crippen LogP contribution in [0.4, 0.5) is 0 Å². The summed E-state index contributed by atoms with van der Waals surface area (Å²) < 4.78 is 32.0. The smallest absolute Gasteiger partial charge is 0.211 e. The average molecular weight is 287 g/mol. The van der Waals surface area contributed by atoms with Crippen molar-refractivity contribution >= 4 is 10.0 Å². The lowest BCUT2D eigenvalue weighted by Crippen LogP contribution is -2.21. The van der Waals surface area contributed by atoms with Crippen LogP contribution in [-0.4, -0.2) is 34.0 Å². The fraction of sp³-hybridized carbons (Fsp3) is 0.538. The van der Waals surface area contributed by atoms with E-state index in [2.05, 4.69) is 19.9 Å². The van der Waals surface area contributed by atoms with E-state index < -0.39 is 10.0 Å². The fourth-order valence-corrected chi connectivity index (χ4v) is 1.81. The third-order valence-corrected chi connectivity index (χ3v) is 3.27. The molecule has 0 fully saturated rings. The van der Waals surface area contributed by atoms with Crippen LogP contribution < -0.4 is 9.88 Å². The van der Waals surface area contributed by atoms with E-state index in [9.17, 15) is 8.42 Å². The van der Waals surface area contributed by atoms with E-state index in [0.29, 0.717) is 19.1 Å². The molecule has 2 N–H and O–H groups in total. The highest BCUT2D eigenvalue weighted by Gasteiger charge is 2.03. The number of ether oxygens (including phenoxy) is 2. The van der Waals surface area contributed by atoms with Crippen molar-refractivity contribution in [3.8, 4) is 5.75 Å². The second-order valence-corrected chi connectivity index (χ2v) is 6.29. The first-order chi connectivity index (χ1) is 8.88. The van der Waals surface area contributed by atoms with Crippen molar-refractivity contribution < 1.29 is 17.9 Å². The second kappa shape index (κ2) is 7.47. The Hall–Kier alpha value is -1.11. The van der Waals surface area contributed by atoms with Gasteiger partial charge in [0.15, 0.2) is 0 Å². The van der Waals surface area contributed by atoms with E-state index in [0.717, 1.165) is 5.75 Å². The molecule has 0 saturated heterocycles. The number of hydrogen-bond donors (Lipinski definition) is 1. The fourth-order valence-electron chi connectivity index (χ4n) is 1.46. The largest absolute Gasteiger partial charge is 0.491 e. The molecule has 0 amide bonds. The molecule has 0 aromatic heterocycles. The molecule has 0 atom stereocenters. The van der Waals surface area contributed by atoms with Crippen LogP contribution in [0.3, 0.4) is 0 Å². The highest BCUT2D eigenvalue weighted by molar-refractivity contribution is 7.89. The maximum atomic E-state index is 10.7. The first kappa shape index (κ1) is 15.9. The summed E-state index contributed by atoms with van der Waals surface area (Å²) in [6, 6.07) is 7.89. The Bertz CT molecular complexity index is 485. The molecule has 108 valence electrons. The molecule has 19 heavy (non-hydrogen) atoms. The van der Waals surface area contributed by atoms with Gasteiger partial charge in [0, 0.05) is 0 Å². The van der Waals surface area contributed by atoms with Gasteiger partial charge in [-0.1, -0.05) is 26.0 Å². The summed E-state index contributed by atoms with van der Waals surface area (Å²) in [4.78, 5) is 0. The topological polar surface area (TPSA) is 78.6 Å². The molecule has 1 aromatic carbocycles. The van der Waals surface area contributed by atoms with E-state index in [1.807, 2.05) is 18.2 Å². The van der Waals surface area contributed by atoms with Crippen molar-refractivity contribution in [2.45, 2.75) is 19.8 Å². The maximum absolute atomic E-state index is 10.7. The third-order valence-electron chi connectivity index (χ3n) is 2.53. The van der Waals surface area contributed by atoms with Crippen LogP contribution in [0, 0.1) is 0 Å². The summed E-state index contributed by atoms with van der Waals surface area (Å²) in [6.45, 7) is 5.05. The molecule has 0 aliphatic carbocycles. The SMILES string of the molecule is CC(C)c1cccc(OCCOCCS(N)(=O)=O)c1. The zero-order chi connectivity index (χ0) is 14.3. The van der Waals surface area contributed by atoms with E-state index in [4.69, 9.17) is 14.6 Å². The minimum atomic E-state index is -3.44.